The molecule has 4 rings (SSSR count). The minimum Gasteiger partial charge on any atom is -0.507 e. The van der Waals surface area contributed by atoms with Crippen LogP contribution < -0.4 is 14.2 Å². The standard InChI is InChI=1S/C25H21FN2O4/c1-30-23-10-7-16(11-24(23)31-2)20-13-27-15-28-25(20)19-9-8-18(12-22(19)29)32-14-17-5-3-4-6-21(17)26/h3-13,15,29H,14H2,1-2H3. The van der Waals surface area contributed by atoms with Gasteiger partial charge in [-0.3, -0.25) is 0 Å². The van der Waals surface area contributed by atoms with E-state index in [4.69, 9.17) is 14.2 Å². The highest BCUT2D eigenvalue weighted by atomic mass is 19.1. The lowest BCUT2D eigenvalue weighted by Gasteiger charge is -2.13. The average molecular weight is 432 g/mol. The third-order valence-corrected chi connectivity index (χ3v) is 4.98. The summed E-state index contributed by atoms with van der Waals surface area (Å²) in [6.07, 6.45) is 3.09. The van der Waals surface area contributed by atoms with Crippen molar-refractivity contribution in [1.29, 1.82) is 0 Å². The smallest absolute Gasteiger partial charge is 0.161 e. The van der Waals surface area contributed by atoms with Crippen molar-refractivity contribution in [2.45, 2.75) is 6.61 Å². The fourth-order valence-corrected chi connectivity index (χ4v) is 3.34. The Morgan fingerprint density at radius 1 is 0.906 bits per heavy atom. The van der Waals surface area contributed by atoms with Crippen LogP contribution in [-0.4, -0.2) is 29.3 Å². The highest BCUT2D eigenvalue weighted by Crippen LogP contribution is 2.39. The fourth-order valence-electron chi connectivity index (χ4n) is 3.34. The second-order valence-electron chi connectivity index (χ2n) is 6.91. The van der Waals surface area contributed by atoms with E-state index in [0.29, 0.717) is 39.6 Å². The maximum Gasteiger partial charge on any atom is 0.161 e. The van der Waals surface area contributed by atoms with Crippen LogP contribution in [0, 0.1) is 5.82 Å². The van der Waals surface area contributed by atoms with Crippen molar-refractivity contribution >= 4 is 0 Å². The third-order valence-electron chi connectivity index (χ3n) is 4.98. The molecule has 0 spiro atoms. The van der Waals surface area contributed by atoms with Crippen LogP contribution in [0.15, 0.2) is 73.2 Å². The summed E-state index contributed by atoms with van der Waals surface area (Å²) in [6.45, 7) is 0.0514. The molecule has 0 fully saturated rings. The summed E-state index contributed by atoms with van der Waals surface area (Å²) in [5, 5.41) is 10.7. The van der Waals surface area contributed by atoms with E-state index < -0.39 is 0 Å². The van der Waals surface area contributed by atoms with Crippen LogP contribution in [0.5, 0.6) is 23.0 Å². The molecule has 0 aliphatic heterocycles. The van der Waals surface area contributed by atoms with Gasteiger partial charge in [0, 0.05) is 29.0 Å². The normalized spacial score (nSPS) is 10.6. The summed E-state index contributed by atoms with van der Waals surface area (Å²) in [5.74, 6) is 1.23. The Bertz CT molecular complexity index is 1250. The van der Waals surface area contributed by atoms with Gasteiger partial charge < -0.3 is 19.3 Å². The monoisotopic (exact) mass is 432 g/mol. The van der Waals surface area contributed by atoms with Gasteiger partial charge in [0.1, 0.15) is 30.3 Å². The van der Waals surface area contributed by atoms with Crippen LogP contribution in [0.2, 0.25) is 0 Å². The Kier molecular flexibility index (Phi) is 6.17. The second-order valence-corrected chi connectivity index (χ2v) is 6.91. The first kappa shape index (κ1) is 21.1. The van der Waals surface area contributed by atoms with Crippen LogP contribution in [0.4, 0.5) is 4.39 Å². The molecule has 32 heavy (non-hydrogen) atoms. The van der Waals surface area contributed by atoms with Crippen molar-refractivity contribution in [3.05, 3.63) is 84.6 Å². The molecule has 4 aromatic rings. The highest BCUT2D eigenvalue weighted by molar-refractivity contribution is 5.83. The quantitative estimate of drug-likeness (QED) is 0.430. The van der Waals surface area contributed by atoms with E-state index in [1.165, 1.54) is 18.5 Å². The van der Waals surface area contributed by atoms with Crippen LogP contribution in [0.3, 0.4) is 0 Å². The van der Waals surface area contributed by atoms with Crippen molar-refractivity contribution in [3.8, 4) is 45.4 Å². The molecule has 0 aliphatic carbocycles. The molecule has 1 N–H and O–H groups in total. The molecule has 0 unspecified atom stereocenters. The number of aromatic hydroxyl groups is 1. The van der Waals surface area contributed by atoms with Gasteiger partial charge in [-0.25, -0.2) is 14.4 Å². The first-order valence-electron chi connectivity index (χ1n) is 9.82. The number of benzene rings is 3. The van der Waals surface area contributed by atoms with E-state index in [1.807, 2.05) is 12.1 Å². The summed E-state index contributed by atoms with van der Waals surface area (Å²) in [4.78, 5) is 8.52. The lowest BCUT2D eigenvalue weighted by atomic mass is 9.99. The number of nitrogens with zero attached hydrogens (tertiary/aromatic N) is 2. The second kappa shape index (κ2) is 9.34. The van der Waals surface area contributed by atoms with Gasteiger partial charge in [0.05, 0.1) is 19.9 Å². The zero-order valence-electron chi connectivity index (χ0n) is 17.6. The van der Waals surface area contributed by atoms with Crippen LogP contribution in [0.25, 0.3) is 22.4 Å². The lowest BCUT2D eigenvalue weighted by molar-refractivity contribution is 0.298. The Balaban J connectivity index is 1.64. The van der Waals surface area contributed by atoms with Gasteiger partial charge in [-0.15, -0.1) is 0 Å². The van der Waals surface area contributed by atoms with E-state index in [0.717, 1.165) is 5.56 Å². The number of aromatic nitrogens is 2. The van der Waals surface area contributed by atoms with E-state index >= 15 is 0 Å². The molecular weight excluding hydrogens is 411 g/mol. The van der Waals surface area contributed by atoms with Crippen molar-refractivity contribution in [3.63, 3.8) is 0 Å². The molecule has 0 bridgehead atoms. The average Bonchev–Trinajstić information content (AvgIpc) is 2.83. The number of methoxy groups -OCH3 is 2. The predicted octanol–water partition coefficient (Wildman–Crippen LogP) is 5.25. The van der Waals surface area contributed by atoms with Crippen LogP contribution in [0.1, 0.15) is 5.56 Å². The minimum atomic E-state index is -0.339. The van der Waals surface area contributed by atoms with Gasteiger partial charge in [0.2, 0.25) is 0 Å². The number of hydrogen-bond donors (Lipinski definition) is 1. The molecule has 0 aliphatic rings. The van der Waals surface area contributed by atoms with Gasteiger partial charge in [-0.05, 0) is 35.9 Å². The molecule has 0 saturated heterocycles. The molecule has 6 nitrogen and oxygen atoms in total. The van der Waals surface area contributed by atoms with Gasteiger partial charge in [-0.2, -0.15) is 0 Å². The molecule has 7 heteroatoms. The summed E-state index contributed by atoms with van der Waals surface area (Å²) < 4.78 is 30.2. The third kappa shape index (κ3) is 4.32. The van der Waals surface area contributed by atoms with Crippen LogP contribution >= 0.6 is 0 Å². The maximum atomic E-state index is 13.8. The molecule has 1 aromatic heterocycles. The Labute approximate surface area is 184 Å². The zero-order chi connectivity index (χ0) is 22.5. The maximum absolute atomic E-state index is 13.8. The number of rotatable bonds is 7. The number of ether oxygens (including phenoxy) is 3. The highest BCUT2D eigenvalue weighted by Gasteiger charge is 2.16. The molecule has 0 radical (unpaired) electrons. The molecule has 0 atom stereocenters. The molecule has 162 valence electrons. The Morgan fingerprint density at radius 3 is 2.47 bits per heavy atom. The number of hydrogen-bond acceptors (Lipinski definition) is 6. The summed E-state index contributed by atoms with van der Waals surface area (Å²) in [6, 6.07) is 16.8. The fraction of sp³-hybridized carbons (Fsp3) is 0.120. The first-order chi connectivity index (χ1) is 15.6. The molecule has 0 saturated carbocycles. The Hall–Kier alpha value is -4.13. The topological polar surface area (TPSA) is 73.7 Å². The summed E-state index contributed by atoms with van der Waals surface area (Å²) in [7, 11) is 3.14. The van der Waals surface area contributed by atoms with Crippen molar-refractivity contribution in [2.75, 3.05) is 14.2 Å². The summed E-state index contributed by atoms with van der Waals surface area (Å²) in [5.41, 5.74) is 3.00. The summed E-state index contributed by atoms with van der Waals surface area (Å²) >= 11 is 0. The number of phenols is 1. The Morgan fingerprint density at radius 2 is 1.72 bits per heavy atom. The van der Waals surface area contributed by atoms with Gasteiger partial charge >= 0.3 is 0 Å². The SMILES string of the molecule is COc1ccc(-c2cncnc2-c2ccc(OCc3ccccc3F)cc2O)cc1OC. The van der Waals surface area contributed by atoms with E-state index in [2.05, 4.69) is 9.97 Å². The van der Waals surface area contributed by atoms with Gasteiger partial charge in [0.15, 0.2) is 11.5 Å². The molecular formula is C25H21FN2O4. The predicted molar refractivity (Wildman–Crippen MR) is 118 cm³/mol. The lowest BCUT2D eigenvalue weighted by Crippen LogP contribution is -1.98. The number of halogens is 1. The zero-order valence-corrected chi connectivity index (χ0v) is 17.6. The molecule has 1 heterocycles. The number of phenolic OH excluding ortho intramolecular Hbond substituents is 1. The van der Waals surface area contributed by atoms with E-state index in [1.54, 1.807) is 56.8 Å². The minimum absolute atomic E-state index is 0.0172. The largest absolute Gasteiger partial charge is 0.507 e. The van der Waals surface area contributed by atoms with E-state index in [-0.39, 0.29) is 18.2 Å². The van der Waals surface area contributed by atoms with Gasteiger partial charge in [-0.1, -0.05) is 24.3 Å². The van der Waals surface area contributed by atoms with Crippen molar-refractivity contribution < 1.29 is 23.7 Å². The van der Waals surface area contributed by atoms with E-state index in [9.17, 15) is 9.50 Å². The molecule has 3 aromatic carbocycles. The van der Waals surface area contributed by atoms with Crippen LogP contribution in [-0.2, 0) is 6.61 Å². The van der Waals surface area contributed by atoms with Crippen molar-refractivity contribution in [2.24, 2.45) is 0 Å². The molecule has 0 amide bonds. The first-order valence-corrected chi connectivity index (χ1v) is 9.82. The van der Waals surface area contributed by atoms with Crippen molar-refractivity contribution in [1.82, 2.24) is 9.97 Å². The van der Waals surface area contributed by atoms with Gasteiger partial charge in [0.25, 0.3) is 0 Å².